The first-order valence-electron chi connectivity index (χ1n) is 6.16. The summed E-state index contributed by atoms with van der Waals surface area (Å²) in [4.78, 5) is 4.56. The fourth-order valence-electron chi connectivity index (χ4n) is 2.31. The van der Waals surface area contributed by atoms with E-state index in [0.29, 0.717) is 11.8 Å². The number of halogens is 1. The number of hydrogen-bond acceptors (Lipinski definition) is 1. The zero-order valence-electron chi connectivity index (χ0n) is 10.5. The number of alkyl halides is 1. The van der Waals surface area contributed by atoms with E-state index in [4.69, 9.17) is 0 Å². The van der Waals surface area contributed by atoms with Crippen LogP contribution in [0.1, 0.15) is 74.1 Å². The fourth-order valence-corrected chi connectivity index (χ4v) is 2.31. The first-order chi connectivity index (χ1) is 7.50. The predicted octanol–water partition coefficient (Wildman–Crippen LogP) is 4.42. The zero-order chi connectivity index (χ0) is 11.9. The summed E-state index contributed by atoms with van der Waals surface area (Å²) in [6.45, 7) is 7.88. The highest BCUT2D eigenvalue weighted by molar-refractivity contribution is 5.39. The Kier molecular flexibility index (Phi) is 3.00. The Hall–Kier alpha value is -0.920. The molecule has 1 nitrogen and oxygen atoms in total. The molecule has 1 aliphatic rings. The van der Waals surface area contributed by atoms with Crippen molar-refractivity contribution >= 4 is 0 Å². The maximum Gasteiger partial charge on any atom is 0.124 e. The third-order valence-corrected chi connectivity index (χ3v) is 3.23. The van der Waals surface area contributed by atoms with Crippen LogP contribution in [0.25, 0.3) is 0 Å². The Morgan fingerprint density at radius 2 is 1.94 bits per heavy atom. The highest BCUT2D eigenvalue weighted by atomic mass is 19.1. The van der Waals surface area contributed by atoms with E-state index < -0.39 is 6.17 Å². The summed E-state index contributed by atoms with van der Waals surface area (Å²) in [5.74, 6) is 0.887. The topological polar surface area (TPSA) is 12.9 Å². The fraction of sp³-hybridized carbons (Fsp3) is 0.643. The monoisotopic (exact) mass is 221 g/mol. The minimum absolute atomic E-state index is 0.368. The number of hydrogen-bond donors (Lipinski definition) is 0. The second-order valence-electron chi connectivity index (χ2n) is 5.20. The molecule has 1 atom stereocenters. The van der Waals surface area contributed by atoms with Gasteiger partial charge in [-0.3, -0.25) is 4.98 Å². The van der Waals surface area contributed by atoms with E-state index in [9.17, 15) is 4.39 Å². The lowest BCUT2D eigenvalue weighted by Crippen LogP contribution is -2.06. The summed E-state index contributed by atoms with van der Waals surface area (Å²) < 4.78 is 13.8. The van der Waals surface area contributed by atoms with Crippen LogP contribution in [0.4, 0.5) is 4.39 Å². The molecule has 1 unspecified atom stereocenters. The van der Waals surface area contributed by atoms with Crippen LogP contribution in [0.3, 0.4) is 0 Å². The second-order valence-corrected chi connectivity index (χ2v) is 5.20. The number of aryl methyl sites for hydroxylation is 1. The smallest absolute Gasteiger partial charge is 0.124 e. The number of aromatic nitrogens is 1. The standard InChI is InChI=1S/C14H20FN/c1-8(2)12-7-9(3)16-14(11-5-6-11)13(12)10(4)15/h7-8,10-11H,5-6H2,1-4H3. The Balaban J connectivity index is 2.57. The SMILES string of the molecule is Cc1cc(C(C)C)c(C(C)F)c(C2CC2)n1. The van der Waals surface area contributed by atoms with Crippen molar-refractivity contribution in [2.45, 2.75) is 58.5 Å². The Morgan fingerprint density at radius 1 is 1.31 bits per heavy atom. The summed E-state index contributed by atoms with van der Waals surface area (Å²) in [5, 5.41) is 0. The lowest BCUT2D eigenvalue weighted by molar-refractivity contribution is 0.367. The molecule has 0 spiro atoms. The molecule has 1 saturated carbocycles. The van der Waals surface area contributed by atoms with Crippen molar-refractivity contribution in [2.75, 3.05) is 0 Å². The molecular formula is C14H20FN. The Morgan fingerprint density at radius 3 is 2.38 bits per heavy atom. The van der Waals surface area contributed by atoms with Crippen molar-refractivity contribution in [1.82, 2.24) is 4.98 Å². The van der Waals surface area contributed by atoms with Crippen molar-refractivity contribution in [2.24, 2.45) is 0 Å². The maximum absolute atomic E-state index is 13.8. The van der Waals surface area contributed by atoms with Crippen LogP contribution in [0, 0.1) is 6.92 Å². The molecule has 1 aromatic rings. The van der Waals surface area contributed by atoms with E-state index in [0.717, 1.165) is 22.5 Å². The quantitative estimate of drug-likeness (QED) is 0.736. The van der Waals surface area contributed by atoms with Gasteiger partial charge in [0.15, 0.2) is 0 Å². The lowest BCUT2D eigenvalue weighted by Gasteiger charge is -2.18. The minimum atomic E-state index is -0.902. The third kappa shape index (κ3) is 2.11. The van der Waals surface area contributed by atoms with Crippen LogP contribution in [-0.4, -0.2) is 4.98 Å². The van der Waals surface area contributed by atoms with Gasteiger partial charge in [-0.15, -0.1) is 0 Å². The Bertz CT molecular complexity index is 369. The Labute approximate surface area is 97.1 Å². The van der Waals surface area contributed by atoms with Crippen molar-refractivity contribution in [3.05, 3.63) is 28.6 Å². The van der Waals surface area contributed by atoms with Crippen LogP contribution >= 0.6 is 0 Å². The van der Waals surface area contributed by atoms with E-state index in [-0.39, 0.29) is 0 Å². The third-order valence-electron chi connectivity index (χ3n) is 3.23. The minimum Gasteiger partial charge on any atom is -0.257 e. The predicted molar refractivity (Wildman–Crippen MR) is 64.6 cm³/mol. The molecule has 0 saturated heterocycles. The first-order valence-corrected chi connectivity index (χ1v) is 6.16. The average molecular weight is 221 g/mol. The molecule has 2 rings (SSSR count). The van der Waals surface area contributed by atoms with Gasteiger partial charge in [0.1, 0.15) is 6.17 Å². The molecule has 1 heterocycles. The van der Waals surface area contributed by atoms with Crippen molar-refractivity contribution in [1.29, 1.82) is 0 Å². The van der Waals surface area contributed by atoms with Crippen LogP contribution in [0.15, 0.2) is 6.07 Å². The zero-order valence-corrected chi connectivity index (χ0v) is 10.5. The van der Waals surface area contributed by atoms with Gasteiger partial charge in [0.25, 0.3) is 0 Å². The van der Waals surface area contributed by atoms with E-state index in [1.165, 1.54) is 12.8 Å². The molecule has 0 bridgehead atoms. The van der Waals surface area contributed by atoms with Gasteiger partial charge in [-0.2, -0.15) is 0 Å². The summed E-state index contributed by atoms with van der Waals surface area (Å²) in [5.41, 5.74) is 4.06. The van der Waals surface area contributed by atoms with E-state index >= 15 is 0 Å². The molecule has 2 heteroatoms. The largest absolute Gasteiger partial charge is 0.257 e. The molecule has 1 aromatic heterocycles. The molecule has 0 aromatic carbocycles. The number of rotatable bonds is 3. The van der Waals surface area contributed by atoms with Gasteiger partial charge >= 0.3 is 0 Å². The highest BCUT2D eigenvalue weighted by Crippen LogP contribution is 2.44. The van der Waals surface area contributed by atoms with Gasteiger partial charge in [0.2, 0.25) is 0 Å². The lowest BCUT2D eigenvalue weighted by atomic mass is 9.92. The van der Waals surface area contributed by atoms with Crippen LogP contribution in [0.5, 0.6) is 0 Å². The van der Waals surface area contributed by atoms with Gasteiger partial charge < -0.3 is 0 Å². The van der Waals surface area contributed by atoms with Crippen molar-refractivity contribution in [3.63, 3.8) is 0 Å². The van der Waals surface area contributed by atoms with Gasteiger partial charge in [0.05, 0.1) is 5.69 Å². The summed E-state index contributed by atoms with van der Waals surface area (Å²) in [6.07, 6.45) is 1.45. The molecule has 88 valence electrons. The summed E-state index contributed by atoms with van der Waals surface area (Å²) >= 11 is 0. The highest BCUT2D eigenvalue weighted by Gasteiger charge is 2.31. The molecular weight excluding hydrogens is 201 g/mol. The van der Waals surface area contributed by atoms with Gasteiger partial charge in [-0.25, -0.2) is 4.39 Å². The van der Waals surface area contributed by atoms with Crippen LogP contribution in [0.2, 0.25) is 0 Å². The van der Waals surface area contributed by atoms with Gasteiger partial charge in [-0.05, 0) is 44.2 Å². The van der Waals surface area contributed by atoms with Gasteiger partial charge in [0, 0.05) is 17.2 Å². The average Bonchev–Trinajstić information content (AvgIpc) is 2.98. The van der Waals surface area contributed by atoms with Crippen LogP contribution in [-0.2, 0) is 0 Å². The first kappa shape index (κ1) is 11.6. The molecule has 0 radical (unpaired) electrons. The summed E-state index contributed by atoms with van der Waals surface area (Å²) in [7, 11) is 0. The number of nitrogens with zero attached hydrogens (tertiary/aromatic N) is 1. The molecule has 16 heavy (non-hydrogen) atoms. The normalized spacial score (nSPS) is 17.9. The van der Waals surface area contributed by atoms with E-state index in [1.807, 2.05) is 13.0 Å². The molecule has 1 fully saturated rings. The summed E-state index contributed by atoms with van der Waals surface area (Å²) in [6, 6.07) is 2.04. The van der Waals surface area contributed by atoms with E-state index in [1.54, 1.807) is 6.92 Å². The van der Waals surface area contributed by atoms with Crippen molar-refractivity contribution in [3.8, 4) is 0 Å². The molecule has 0 amide bonds. The maximum atomic E-state index is 13.8. The molecule has 0 aliphatic heterocycles. The second kappa shape index (κ2) is 4.15. The van der Waals surface area contributed by atoms with Crippen LogP contribution < -0.4 is 0 Å². The molecule has 0 N–H and O–H groups in total. The van der Waals surface area contributed by atoms with E-state index in [2.05, 4.69) is 18.8 Å². The molecule has 1 aliphatic carbocycles. The van der Waals surface area contributed by atoms with Crippen molar-refractivity contribution < 1.29 is 4.39 Å². The van der Waals surface area contributed by atoms with Gasteiger partial charge in [-0.1, -0.05) is 13.8 Å². The number of pyridine rings is 1.